The lowest BCUT2D eigenvalue weighted by Crippen LogP contribution is -2.29. The molecule has 8 heteroatoms. The van der Waals surface area contributed by atoms with Crippen LogP contribution >= 0.6 is 23.8 Å². The van der Waals surface area contributed by atoms with Crippen molar-refractivity contribution < 1.29 is 4.79 Å². The number of anilines is 2. The molecule has 0 radical (unpaired) electrons. The molecule has 30 heavy (non-hydrogen) atoms. The predicted octanol–water partition coefficient (Wildman–Crippen LogP) is 4.83. The molecule has 2 aromatic heterocycles. The van der Waals surface area contributed by atoms with Gasteiger partial charge in [0.15, 0.2) is 5.11 Å². The second-order valence-electron chi connectivity index (χ2n) is 7.43. The van der Waals surface area contributed by atoms with Crippen LogP contribution in [-0.2, 0) is 4.79 Å². The highest BCUT2D eigenvalue weighted by molar-refractivity contribution is 7.80. The van der Waals surface area contributed by atoms with Gasteiger partial charge in [-0.3, -0.25) is 9.78 Å². The Morgan fingerprint density at radius 3 is 2.70 bits per heavy atom. The molecule has 1 amide bonds. The number of aromatic amines is 1. The van der Waals surface area contributed by atoms with Crippen LogP contribution in [0.3, 0.4) is 0 Å². The molecule has 1 aliphatic heterocycles. The summed E-state index contributed by atoms with van der Waals surface area (Å²) in [5.74, 6) is -0.213. The minimum absolute atomic E-state index is 0.0810. The van der Waals surface area contributed by atoms with E-state index in [4.69, 9.17) is 23.8 Å². The first kappa shape index (κ1) is 20.4. The van der Waals surface area contributed by atoms with Crippen LogP contribution in [0.25, 0.3) is 0 Å². The van der Waals surface area contributed by atoms with Gasteiger partial charge in [-0.05, 0) is 54.7 Å². The Hall–Kier alpha value is -2.90. The van der Waals surface area contributed by atoms with Crippen LogP contribution in [0.2, 0.25) is 5.02 Å². The Balaban J connectivity index is 1.71. The summed E-state index contributed by atoms with van der Waals surface area (Å²) in [7, 11) is 0. The van der Waals surface area contributed by atoms with Gasteiger partial charge in [-0.15, -0.1) is 0 Å². The number of benzene rings is 1. The molecule has 6 nitrogen and oxygen atoms in total. The van der Waals surface area contributed by atoms with Crippen LogP contribution in [0, 0.1) is 5.92 Å². The molecule has 3 heterocycles. The number of hydrogen-bond acceptors (Lipinski definition) is 3. The SMILES string of the molecule is CC(C)C(=O)Nc1ccc(N2C(=S)N[C@@H](c3ccccn3)[C@H]2c2ccc[nH]2)cc1Cl. The normalized spacial score (nSPS) is 18.5. The van der Waals surface area contributed by atoms with Crippen LogP contribution in [0.4, 0.5) is 11.4 Å². The molecule has 2 atom stereocenters. The number of carbonyl (C=O) groups excluding carboxylic acids is 1. The predicted molar refractivity (Wildman–Crippen MR) is 124 cm³/mol. The van der Waals surface area contributed by atoms with Gasteiger partial charge in [0.2, 0.25) is 5.91 Å². The first-order chi connectivity index (χ1) is 14.5. The van der Waals surface area contributed by atoms with Crippen molar-refractivity contribution in [2.45, 2.75) is 25.9 Å². The smallest absolute Gasteiger partial charge is 0.226 e. The zero-order valence-corrected chi connectivity index (χ0v) is 18.2. The second kappa shape index (κ2) is 8.45. The van der Waals surface area contributed by atoms with E-state index in [9.17, 15) is 4.79 Å². The topological polar surface area (TPSA) is 73.1 Å². The third kappa shape index (κ3) is 3.91. The second-order valence-corrected chi connectivity index (χ2v) is 8.22. The summed E-state index contributed by atoms with van der Waals surface area (Å²) in [4.78, 5) is 21.9. The lowest BCUT2D eigenvalue weighted by Gasteiger charge is -2.27. The average Bonchev–Trinajstić information content (AvgIpc) is 3.37. The Bertz CT molecular complexity index is 1050. The van der Waals surface area contributed by atoms with E-state index in [1.54, 1.807) is 12.3 Å². The maximum absolute atomic E-state index is 12.0. The number of nitrogens with zero attached hydrogens (tertiary/aromatic N) is 2. The number of hydrogen-bond donors (Lipinski definition) is 3. The maximum atomic E-state index is 12.0. The monoisotopic (exact) mass is 439 g/mol. The largest absolute Gasteiger partial charge is 0.363 e. The van der Waals surface area contributed by atoms with Gasteiger partial charge in [0.05, 0.1) is 22.4 Å². The summed E-state index contributed by atoms with van der Waals surface area (Å²) in [6.45, 7) is 3.68. The average molecular weight is 440 g/mol. The molecule has 3 N–H and O–H groups in total. The number of amides is 1. The van der Waals surface area contributed by atoms with Crippen molar-refractivity contribution >= 4 is 46.2 Å². The lowest BCUT2D eigenvalue weighted by molar-refractivity contribution is -0.118. The van der Waals surface area contributed by atoms with Gasteiger partial charge in [-0.1, -0.05) is 31.5 Å². The standard InChI is InChI=1S/C22H22ClN5OS/c1-13(2)21(29)26-16-9-8-14(12-15(16)23)28-20(18-7-5-11-25-18)19(27-22(28)30)17-6-3-4-10-24-17/h3-13,19-20,25H,1-2H3,(H,26,29)(H,27,30)/t19-,20+/m0/s1. The third-order valence-corrected chi connectivity index (χ3v) is 5.68. The molecule has 154 valence electrons. The summed E-state index contributed by atoms with van der Waals surface area (Å²) >= 11 is 12.2. The minimum atomic E-state index is -0.132. The molecule has 0 bridgehead atoms. The van der Waals surface area contributed by atoms with Crippen LogP contribution in [-0.4, -0.2) is 21.0 Å². The van der Waals surface area contributed by atoms with E-state index in [2.05, 4.69) is 20.6 Å². The number of nitrogens with one attached hydrogen (secondary N) is 3. The molecular weight excluding hydrogens is 418 g/mol. The molecule has 0 spiro atoms. The third-order valence-electron chi connectivity index (χ3n) is 5.05. The van der Waals surface area contributed by atoms with Gasteiger partial charge in [-0.2, -0.15) is 0 Å². The lowest BCUT2D eigenvalue weighted by atomic mass is 10.0. The van der Waals surface area contributed by atoms with E-state index in [1.807, 2.05) is 67.4 Å². The van der Waals surface area contributed by atoms with E-state index in [1.165, 1.54) is 0 Å². The van der Waals surface area contributed by atoms with Crippen molar-refractivity contribution in [3.63, 3.8) is 0 Å². The van der Waals surface area contributed by atoms with Crippen LogP contribution in [0.5, 0.6) is 0 Å². The van der Waals surface area contributed by atoms with Crippen molar-refractivity contribution in [1.82, 2.24) is 15.3 Å². The number of H-pyrrole nitrogens is 1. The van der Waals surface area contributed by atoms with E-state index in [0.29, 0.717) is 15.8 Å². The Morgan fingerprint density at radius 2 is 2.07 bits per heavy atom. The fourth-order valence-electron chi connectivity index (χ4n) is 3.51. The molecule has 1 aliphatic rings. The highest BCUT2D eigenvalue weighted by Gasteiger charge is 2.41. The van der Waals surface area contributed by atoms with Crippen LogP contribution < -0.4 is 15.5 Å². The number of aromatic nitrogens is 2. The molecule has 4 rings (SSSR count). The first-order valence-corrected chi connectivity index (χ1v) is 10.5. The zero-order valence-electron chi connectivity index (χ0n) is 16.6. The molecule has 1 saturated heterocycles. The Labute approximate surface area is 185 Å². The Kier molecular flexibility index (Phi) is 5.74. The first-order valence-electron chi connectivity index (χ1n) is 9.70. The zero-order chi connectivity index (χ0) is 21.3. The number of carbonyl (C=O) groups is 1. The summed E-state index contributed by atoms with van der Waals surface area (Å²) in [5.41, 5.74) is 3.31. The number of halogens is 1. The van der Waals surface area contributed by atoms with E-state index >= 15 is 0 Å². The quantitative estimate of drug-likeness (QED) is 0.496. The van der Waals surface area contributed by atoms with E-state index in [0.717, 1.165) is 17.1 Å². The van der Waals surface area contributed by atoms with Crippen LogP contribution in [0.15, 0.2) is 60.9 Å². The summed E-state index contributed by atoms with van der Waals surface area (Å²) in [6.07, 6.45) is 3.67. The summed E-state index contributed by atoms with van der Waals surface area (Å²) in [6, 6.07) is 15.1. The molecular formula is C22H22ClN5OS. The van der Waals surface area contributed by atoms with Crippen molar-refractivity contribution in [1.29, 1.82) is 0 Å². The van der Waals surface area contributed by atoms with Gasteiger partial charge in [0.1, 0.15) is 6.04 Å². The molecule has 0 saturated carbocycles. The molecule has 0 aliphatic carbocycles. The van der Waals surface area contributed by atoms with Crippen molar-refractivity contribution in [2.75, 3.05) is 10.2 Å². The van der Waals surface area contributed by atoms with Gasteiger partial charge < -0.3 is 20.5 Å². The molecule has 1 fully saturated rings. The Morgan fingerprint density at radius 1 is 1.23 bits per heavy atom. The van der Waals surface area contributed by atoms with Gasteiger partial charge >= 0.3 is 0 Å². The molecule has 0 unspecified atom stereocenters. The maximum Gasteiger partial charge on any atom is 0.226 e. The molecule has 3 aromatic rings. The summed E-state index contributed by atoms with van der Waals surface area (Å²) in [5, 5.41) is 7.30. The minimum Gasteiger partial charge on any atom is -0.363 e. The van der Waals surface area contributed by atoms with Crippen molar-refractivity contribution in [3.8, 4) is 0 Å². The van der Waals surface area contributed by atoms with Gasteiger partial charge in [0, 0.05) is 29.7 Å². The van der Waals surface area contributed by atoms with Crippen LogP contribution in [0.1, 0.15) is 37.3 Å². The van der Waals surface area contributed by atoms with Gasteiger partial charge in [-0.25, -0.2) is 0 Å². The highest BCUT2D eigenvalue weighted by Crippen LogP contribution is 2.42. The molecule has 1 aromatic carbocycles. The van der Waals surface area contributed by atoms with E-state index < -0.39 is 0 Å². The van der Waals surface area contributed by atoms with Gasteiger partial charge in [0.25, 0.3) is 0 Å². The van der Waals surface area contributed by atoms with E-state index in [-0.39, 0.29) is 23.9 Å². The number of thiocarbonyl (C=S) groups is 1. The van der Waals surface area contributed by atoms with Crippen molar-refractivity contribution in [2.24, 2.45) is 5.92 Å². The highest BCUT2D eigenvalue weighted by atomic mass is 35.5. The van der Waals surface area contributed by atoms with Crippen molar-refractivity contribution in [3.05, 3.63) is 77.3 Å². The fraction of sp³-hybridized carbons (Fsp3) is 0.227. The number of pyridine rings is 1. The number of rotatable bonds is 5. The summed E-state index contributed by atoms with van der Waals surface area (Å²) < 4.78 is 0. The fourth-order valence-corrected chi connectivity index (χ4v) is 4.08.